The smallest absolute Gasteiger partial charge is 0.337 e. The number of carbonyl (C=O) groups is 1. The summed E-state index contributed by atoms with van der Waals surface area (Å²) in [4.78, 5) is 22.7. The third-order valence-corrected chi connectivity index (χ3v) is 9.39. The lowest BCUT2D eigenvalue weighted by Gasteiger charge is -2.41. The maximum Gasteiger partial charge on any atom is 0.337 e. The Hall–Kier alpha value is -3.42. The van der Waals surface area contributed by atoms with Crippen LogP contribution in [0.2, 0.25) is 0 Å². The molecule has 0 bridgehead atoms. The van der Waals surface area contributed by atoms with Crippen molar-refractivity contribution >= 4 is 11.7 Å². The van der Waals surface area contributed by atoms with Crippen LogP contribution < -0.4 is 9.64 Å². The maximum absolute atomic E-state index is 12.8. The van der Waals surface area contributed by atoms with E-state index in [-0.39, 0.29) is 5.41 Å². The first-order valence-electron chi connectivity index (χ1n) is 16.3. The molecule has 1 fully saturated rings. The van der Waals surface area contributed by atoms with E-state index in [0.717, 1.165) is 80.2 Å². The van der Waals surface area contributed by atoms with Crippen LogP contribution in [0.3, 0.4) is 0 Å². The third kappa shape index (κ3) is 7.36. The molecule has 0 radical (unpaired) electrons. The van der Waals surface area contributed by atoms with Gasteiger partial charge in [-0.3, -0.25) is 9.88 Å². The maximum atomic E-state index is 12.8. The lowest BCUT2D eigenvalue weighted by Crippen LogP contribution is -2.39. The molecule has 7 heteroatoms. The van der Waals surface area contributed by atoms with Crippen LogP contribution in [0.4, 0.5) is 5.69 Å². The Bertz CT molecular complexity index is 1560. The zero-order chi connectivity index (χ0) is 32.7. The minimum Gasteiger partial charge on any atom is -0.496 e. The van der Waals surface area contributed by atoms with Gasteiger partial charge in [0.15, 0.2) is 6.10 Å². The molecule has 0 spiro atoms. The summed E-state index contributed by atoms with van der Waals surface area (Å²) in [6.45, 7) is 20.9. The van der Waals surface area contributed by atoms with E-state index in [4.69, 9.17) is 14.5 Å². The first-order chi connectivity index (χ1) is 21.2. The number of hydrogen-bond donors (Lipinski definition) is 1. The molecular formula is C38H51N3O4. The number of benzene rings is 2. The molecular weight excluding hydrogens is 562 g/mol. The third-order valence-electron chi connectivity index (χ3n) is 9.39. The first kappa shape index (κ1) is 33.0. The van der Waals surface area contributed by atoms with Crippen molar-refractivity contribution in [2.24, 2.45) is 5.41 Å². The Labute approximate surface area is 269 Å². The van der Waals surface area contributed by atoms with E-state index in [1.807, 2.05) is 27.7 Å². The molecule has 2 aromatic carbocycles. The zero-order valence-electron chi connectivity index (χ0n) is 28.7. The van der Waals surface area contributed by atoms with E-state index in [2.05, 4.69) is 73.9 Å². The Morgan fingerprint density at radius 2 is 1.71 bits per heavy atom. The van der Waals surface area contributed by atoms with Crippen molar-refractivity contribution in [3.8, 4) is 16.9 Å². The van der Waals surface area contributed by atoms with Crippen LogP contribution in [-0.2, 0) is 29.0 Å². The second kappa shape index (κ2) is 12.8. The summed E-state index contributed by atoms with van der Waals surface area (Å²) in [5.74, 6) is -0.0531. The number of rotatable bonds is 8. The molecule has 0 aliphatic carbocycles. The van der Waals surface area contributed by atoms with Crippen LogP contribution in [0.15, 0.2) is 36.4 Å². The largest absolute Gasteiger partial charge is 0.496 e. The minimum absolute atomic E-state index is 0.252. The molecule has 3 aromatic rings. The molecule has 1 N–H and O–H groups in total. The Morgan fingerprint density at radius 3 is 2.36 bits per heavy atom. The lowest BCUT2D eigenvalue weighted by atomic mass is 9.81. The predicted molar refractivity (Wildman–Crippen MR) is 181 cm³/mol. The normalized spacial score (nSPS) is 17.6. The fourth-order valence-electron chi connectivity index (χ4n) is 6.93. The lowest BCUT2D eigenvalue weighted by molar-refractivity contribution is -0.160. The molecule has 2 aliphatic heterocycles. The summed E-state index contributed by atoms with van der Waals surface area (Å²) < 4.78 is 11.9. The summed E-state index contributed by atoms with van der Waals surface area (Å²) in [5, 5.41) is 10.5. The van der Waals surface area contributed by atoms with E-state index in [9.17, 15) is 9.90 Å². The number of hydrogen-bond acceptors (Lipinski definition) is 6. The number of carboxylic acids is 1. The molecule has 0 saturated carbocycles. The van der Waals surface area contributed by atoms with Crippen molar-refractivity contribution in [2.45, 2.75) is 99.4 Å². The van der Waals surface area contributed by atoms with Crippen molar-refractivity contribution in [3.05, 3.63) is 75.6 Å². The molecule has 5 rings (SSSR count). The van der Waals surface area contributed by atoms with Gasteiger partial charge in [-0.2, -0.15) is 0 Å². The van der Waals surface area contributed by atoms with Gasteiger partial charge in [-0.1, -0.05) is 49.7 Å². The monoisotopic (exact) mass is 613 g/mol. The van der Waals surface area contributed by atoms with Gasteiger partial charge in [0.1, 0.15) is 5.75 Å². The fraction of sp³-hybridized carbons (Fsp3) is 0.526. The van der Waals surface area contributed by atoms with Gasteiger partial charge in [0.25, 0.3) is 0 Å². The van der Waals surface area contributed by atoms with Crippen molar-refractivity contribution in [2.75, 3.05) is 31.6 Å². The molecule has 2 aliphatic rings. The number of aliphatic carboxylic acids is 1. The van der Waals surface area contributed by atoms with E-state index >= 15 is 0 Å². The van der Waals surface area contributed by atoms with E-state index in [1.54, 1.807) is 7.11 Å². The van der Waals surface area contributed by atoms with Gasteiger partial charge in [-0.25, -0.2) is 4.79 Å². The summed E-state index contributed by atoms with van der Waals surface area (Å²) in [6.07, 6.45) is 1.90. The summed E-state index contributed by atoms with van der Waals surface area (Å²) in [7, 11) is 1.74. The van der Waals surface area contributed by atoms with Gasteiger partial charge in [-0.15, -0.1) is 0 Å². The van der Waals surface area contributed by atoms with Crippen LogP contribution in [0.25, 0.3) is 11.1 Å². The molecule has 1 saturated heterocycles. The SMILES string of the molecule is COc1ccc(C)cc1CN1CCc2cc(-c3c(C)nc(C)c([C@H](OC(C)(C)C)C(=O)O)c3N3CCC(C)(C)CC3)ccc2C1. The number of fused-ring (bicyclic) bond motifs is 1. The van der Waals surface area contributed by atoms with Crippen LogP contribution in [0, 0.1) is 26.2 Å². The quantitative estimate of drug-likeness (QED) is 0.278. The molecule has 3 heterocycles. The predicted octanol–water partition coefficient (Wildman–Crippen LogP) is 7.81. The van der Waals surface area contributed by atoms with Crippen LogP contribution in [0.1, 0.15) is 92.8 Å². The number of pyridine rings is 1. The average molecular weight is 614 g/mol. The first-order valence-corrected chi connectivity index (χ1v) is 16.3. The number of aromatic nitrogens is 1. The molecule has 7 nitrogen and oxygen atoms in total. The van der Waals surface area contributed by atoms with E-state index in [0.29, 0.717) is 11.3 Å². The van der Waals surface area contributed by atoms with Crippen LogP contribution in [-0.4, -0.2) is 53.3 Å². The van der Waals surface area contributed by atoms with Crippen LogP contribution in [0.5, 0.6) is 5.75 Å². The molecule has 45 heavy (non-hydrogen) atoms. The second-order valence-electron chi connectivity index (χ2n) is 14.8. The average Bonchev–Trinajstić information content (AvgIpc) is 2.95. The fourth-order valence-corrected chi connectivity index (χ4v) is 6.93. The van der Waals surface area contributed by atoms with Gasteiger partial charge in [0.05, 0.1) is 18.4 Å². The molecule has 0 unspecified atom stereocenters. The van der Waals surface area contributed by atoms with Gasteiger partial charge in [0.2, 0.25) is 0 Å². The number of ether oxygens (including phenoxy) is 2. The Kier molecular flexibility index (Phi) is 9.35. The number of anilines is 1. The minimum atomic E-state index is -1.12. The highest BCUT2D eigenvalue weighted by Gasteiger charge is 2.36. The highest BCUT2D eigenvalue weighted by molar-refractivity contribution is 5.88. The molecule has 1 atom stereocenters. The van der Waals surface area contributed by atoms with Crippen molar-refractivity contribution in [1.29, 1.82) is 0 Å². The number of nitrogens with zero attached hydrogens (tertiary/aromatic N) is 3. The van der Waals surface area contributed by atoms with Gasteiger partial charge in [0, 0.05) is 60.8 Å². The number of carboxylic acid groups (broad SMARTS) is 1. The van der Waals surface area contributed by atoms with Gasteiger partial charge >= 0.3 is 5.97 Å². The molecule has 242 valence electrons. The van der Waals surface area contributed by atoms with Gasteiger partial charge < -0.3 is 19.5 Å². The second-order valence-corrected chi connectivity index (χ2v) is 14.8. The van der Waals surface area contributed by atoms with Gasteiger partial charge in [-0.05, 0) is 89.0 Å². The van der Waals surface area contributed by atoms with Crippen molar-refractivity contribution in [3.63, 3.8) is 0 Å². The zero-order valence-corrected chi connectivity index (χ0v) is 28.7. The van der Waals surface area contributed by atoms with Crippen molar-refractivity contribution in [1.82, 2.24) is 9.88 Å². The number of piperidine rings is 1. The summed E-state index contributed by atoms with van der Waals surface area (Å²) in [6, 6.07) is 13.2. The summed E-state index contributed by atoms with van der Waals surface area (Å²) in [5.41, 5.74) is 10.1. The van der Waals surface area contributed by atoms with Crippen molar-refractivity contribution < 1.29 is 19.4 Å². The highest BCUT2D eigenvalue weighted by atomic mass is 16.5. The molecule has 1 aromatic heterocycles. The summed E-state index contributed by atoms with van der Waals surface area (Å²) >= 11 is 0. The topological polar surface area (TPSA) is 75.1 Å². The van der Waals surface area contributed by atoms with E-state index < -0.39 is 17.7 Å². The number of methoxy groups -OCH3 is 1. The van der Waals surface area contributed by atoms with E-state index in [1.165, 1.54) is 22.3 Å². The Morgan fingerprint density at radius 1 is 1.00 bits per heavy atom. The highest BCUT2D eigenvalue weighted by Crippen LogP contribution is 2.45. The molecule has 0 amide bonds. The van der Waals surface area contributed by atoms with Crippen LogP contribution >= 0.6 is 0 Å². The standard InChI is InChI=1S/C38H51N3O4/c1-24-10-13-31(44-9)30(20-24)23-40-17-14-27-21-28(11-12-29(27)22-40)32-25(2)39-26(3)33(35(36(42)43)45-37(4,5)6)34(32)41-18-15-38(7,8)16-19-41/h10-13,20-21,35H,14-19,22-23H2,1-9H3,(H,42,43)/t35-/m0/s1. The number of aryl methyl sites for hydroxylation is 3. The Balaban J connectivity index is 1.56.